The molecule has 0 spiro atoms. The van der Waals surface area contributed by atoms with Gasteiger partial charge in [-0.1, -0.05) is 29.8 Å². The zero-order valence-electron chi connectivity index (χ0n) is 13.9. The van der Waals surface area contributed by atoms with Crippen molar-refractivity contribution in [2.45, 2.75) is 58.5 Å². The number of rotatable bonds is 6. The van der Waals surface area contributed by atoms with Crippen LogP contribution in [0, 0.1) is 12.8 Å². The van der Waals surface area contributed by atoms with E-state index in [1.165, 1.54) is 11.1 Å². The van der Waals surface area contributed by atoms with Crippen LogP contribution in [0.25, 0.3) is 0 Å². The summed E-state index contributed by atoms with van der Waals surface area (Å²) < 4.78 is 0. The summed E-state index contributed by atoms with van der Waals surface area (Å²) in [6.45, 7) is 5.52. The first-order valence-electron chi connectivity index (χ1n) is 8.57. The van der Waals surface area contributed by atoms with Gasteiger partial charge in [-0.05, 0) is 51.5 Å². The van der Waals surface area contributed by atoms with E-state index in [1.807, 2.05) is 11.8 Å². The monoisotopic (exact) mass is 303 g/mol. The Morgan fingerprint density at radius 2 is 2.05 bits per heavy atom. The highest BCUT2D eigenvalue weighted by Gasteiger charge is 2.25. The van der Waals surface area contributed by atoms with Crippen LogP contribution in [0.4, 0.5) is 0 Å². The van der Waals surface area contributed by atoms with E-state index in [2.05, 4.69) is 31.2 Å². The Balaban J connectivity index is 1.68. The first-order valence-corrected chi connectivity index (χ1v) is 8.57. The molecule has 1 aromatic rings. The molecule has 1 N–H and O–H groups in total. The van der Waals surface area contributed by atoms with Gasteiger partial charge in [0, 0.05) is 25.4 Å². The fourth-order valence-electron chi connectivity index (χ4n) is 3.15. The Labute approximate surface area is 134 Å². The maximum atomic E-state index is 12.3. The molecule has 1 fully saturated rings. The summed E-state index contributed by atoms with van der Waals surface area (Å²) in [5, 5.41) is 9.70. The van der Waals surface area contributed by atoms with Gasteiger partial charge in [0.15, 0.2) is 0 Å². The highest BCUT2D eigenvalue weighted by atomic mass is 16.3. The van der Waals surface area contributed by atoms with Crippen molar-refractivity contribution in [3.05, 3.63) is 35.4 Å². The number of likely N-dealkylation sites (tertiary alicyclic amines) is 1. The van der Waals surface area contributed by atoms with Crippen molar-refractivity contribution in [2.24, 2.45) is 5.92 Å². The first-order chi connectivity index (χ1) is 10.6. The van der Waals surface area contributed by atoms with E-state index in [4.69, 9.17) is 0 Å². The molecule has 3 heteroatoms. The molecule has 3 nitrogen and oxygen atoms in total. The third kappa shape index (κ3) is 5.13. The number of unbranched alkanes of at least 4 members (excludes halogenated alkanes) is 1. The summed E-state index contributed by atoms with van der Waals surface area (Å²) in [6, 6.07) is 8.64. The van der Waals surface area contributed by atoms with Gasteiger partial charge in [0.1, 0.15) is 0 Å². The minimum absolute atomic E-state index is 0.255. The minimum atomic E-state index is -0.308. The van der Waals surface area contributed by atoms with E-state index >= 15 is 0 Å². The van der Waals surface area contributed by atoms with E-state index in [-0.39, 0.29) is 17.9 Å². The largest absolute Gasteiger partial charge is 0.393 e. The smallest absolute Gasteiger partial charge is 0.222 e. The van der Waals surface area contributed by atoms with Crippen molar-refractivity contribution in [3.63, 3.8) is 0 Å². The summed E-state index contributed by atoms with van der Waals surface area (Å²) in [6.07, 6.45) is 5.43. The summed E-state index contributed by atoms with van der Waals surface area (Å²) in [5.41, 5.74) is 2.64. The predicted molar refractivity (Wildman–Crippen MR) is 89.7 cm³/mol. The number of nitrogens with zero attached hydrogens (tertiary/aromatic N) is 1. The van der Waals surface area contributed by atoms with Crippen LogP contribution in [0.2, 0.25) is 0 Å². The molecule has 2 unspecified atom stereocenters. The van der Waals surface area contributed by atoms with Crippen molar-refractivity contribution >= 4 is 5.91 Å². The van der Waals surface area contributed by atoms with Gasteiger partial charge in [0.2, 0.25) is 5.91 Å². The molecule has 1 saturated heterocycles. The number of aliphatic hydroxyl groups is 1. The lowest BCUT2D eigenvalue weighted by molar-refractivity contribution is -0.133. The Morgan fingerprint density at radius 3 is 2.73 bits per heavy atom. The maximum absolute atomic E-state index is 12.3. The fraction of sp³-hybridized carbons (Fsp3) is 0.632. The summed E-state index contributed by atoms with van der Waals surface area (Å²) >= 11 is 0. The van der Waals surface area contributed by atoms with Crippen LogP contribution in [0.1, 0.15) is 50.2 Å². The molecule has 122 valence electrons. The molecule has 2 atom stereocenters. The standard InChI is InChI=1S/C19H29NO2/c1-15-9-11-17(12-10-15)6-3-4-8-19(22)20-13-5-7-18(14-20)16(2)21/h9-12,16,18,21H,3-8,13-14H2,1-2H3. The molecule has 0 bridgehead atoms. The summed E-state index contributed by atoms with van der Waals surface area (Å²) in [5.74, 6) is 0.513. The molecule has 0 radical (unpaired) electrons. The van der Waals surface area contributed by atoms with Crippen molar-refractivity contribution in [1.29, 1.82) is 0 Å². The molecule has 1 aliphatic heterocycles. The number of amides is 1. The number of aryl methyl sites for hydroxylation is 2. The van der Waals surface area contributed by atoms with Gasteiger partial charge >= 0.3 is 0 Å². The number of aliphatic hydroxyl groups excluding tert-OH is 1. The average molecular weight is 303 g/mol. The third-order valence-corrected chi connectivity index (χ3v) is 4.72. The Bertz CT molecular complexity index is 467. The van der Waals surface area contributed by atoms with Crippen molar-refractivity contribution in [2.75, 3.05) is 13.1 Å². The van der Waals surface area contributed by atoms with Gasteiger partial charge in [-0.2, -0.15) is 0 Å². The van der Waals surface area contributed by atoms with Gasteiger partial charge in [-0.15, -0.1) is 0 Å². The second-order valence-corrected chi connectivity index (χ2v) is 6.68. The molecule has 0 aliphatic carbocycles. The van der Waals surface area contributed by atoms with Gasteiger partial charge < -0.3 is 10.0 Å². The number of hydrogen-bond donors (Lipinski definition) is 1. The Kier molecular flexibility index (Phi) is 6.44. The van der Waals surface area contributed by atoms with Crippen molar-refractivity contribution < 1.29 is 9.90 Å². The van der Waals surface area contributed by atoms with Gasteiger partial charge in [0.05, 0.1) is 6.10 Å². The average Bonchev–Trinajstić information content (AvgIpc) is 2.53. The van der Waals surface area contributed by atoms with Gasteiger partial charge in [0.25, 0.3) is 0 Å². The topological polar surface area (TPSA) is 40.5 Å². The molecule has 22 heavy (non-hydrogen) atoms. The van der Waals surface area contributed by atoms with Gasteiger partial charge in [-0.25, -0.2) is 0 Å². The molecule has 1 amide bonds. The zero-order chi connectivity index (χ0) is 15.9. The molecular formula is C19H29NO2. The van der Waals surface area contributed by atoms with Crippen LogP contribution in [0.5, 0.6) is 0 Å². The highest BCUT2D eigenvalue weighted by molar-refractivity contribution is 5.76. The van der Waals surface area contributed by atoms with Crippen molar-refractivity contribution in [1.82, 2.24) is 4.90 Å². The van der Waals surface area contributed by atoms with Crippen LogP contribution in [0.15, 0.2) is 24.3 Å². The molecule has 1 aliphatic rings. The normalized spacial score (nSPS) is 20.0. The lowest BCUT2D eigenvalue weighted by atomic mass is 9.93. The predicted octanol–water partition coefficient (Wildman–Crippen LogP) is 3.33. The number of piperidine rings is 1. The minimum Gasteiger partial charge on any atom is -0.393 e. The van der Waals surface area contributed by atoms with Crippen LogP contribution in [-0.2, 0) is 11.2 Å². The number of carbonyl (C=O) groups is 1. The molecule has 1 heterocycles. The van der Waals surface area contributed by atoms with E-state index in [1.54, 1.807) is 0 Å². The summed E-state index contributed by atoms with van der Waals surface area (Å²) in [4.78, 5) is 14.2. The van der Waals surface area contributed by atoms with E-state index in [9.17, 15) is 9.90 Å². The lowest BCUT2D eigenvalue weighted by Gasteiger charge is -2.34. The fourth-order valence-corrected chi connectivity index (χ4v) is 3.15. The quantitative estimate of drug-likeness (QED) is 0.819. The Morgan fingerprint density at radius 1 is 1.32 bits per heavy atom. The molecular weight excluding hydrogens is 274 g/mol. The zero-order valence-corrected chi connectivity index (χ0v) is 13.9. The maximum Gasteiger partial charge on any atom is 0.222 e. The van der Waals surface area contributed by atoms with Gasteiger partial charge in [-0.3, -0.25) is 4.79 Å². The molecule has 2 rings (SSSR count). The summed E-state index contributed by atoms with van der Waals surface area (Å²) in [7, 11) is 0. The van der Waals surface area contributed by atoms with Crippen LogP contribution in [-0.4, -0.2) is 35.1 Å². The Hall–Kier alpha value is -1.35. The van der Waals surface area contributed by atoms with Crippen LogP contribution >= 0.6 is 0 Å². The molecule has 1 aromatic carbocycles. The van der Waals surface area contributed by atoms with Crippen molar-refractivity contribution in [3.8, 4) is 0 Å². The highest BCUT2D eigenvalue weighted by Crippen LogP contribution is 2.20. The van der Waals surface area contributed by atoms with E-state index in [0.29, 0.717) is 6.42 Å². The van der Waals surface area contributed by atoms with Crippen LogP contribution in [0.3, 0.4) is 0 Å². The second-order valence-electron chi connectivity index (χ2n) is 6.68. The lowest BCUT2D eigenvalue weighted by Crippen LogP contribution is -2.42. The first kappa shape index (κ1) is 17.0. The number of hydrogen-bond acceptors (Lipinski definition) is 2. The van der Waals surface area contributed by atoms with Crippen LogP contribution < -0.4 is 0 Å². The SMILES string of the molecule is Cc1ccc(CCCCC(=O)N2CCCC(C(C)O)C2)cc1. The molecule has 0 saturated carbocycles. The van der Waals surface area contributed by atoms with E-state index < -0.39 is 0 Å². The molecule has 0 aromatic heterocycles. The van der Waals surface area contributed by atoms with E-state index in [0.717, 1.165) is 45.2 Å². The second kappa shape index (κ2) is 8.33. The third-order valence-electron chi connectivity index (χ3n) is 4.72. The number of benzene rings is 1. The number of carbonyl (C=O) groups excluding carboxylic acids is 1.